The van der Waals surface area contributed by atoms with Crippen LogP contribution in [0.15, 0.2) is 6.07 Å². The van der Waals surface area contributed by atoms with Gasteiger partial charge in [0.15, 0.2) is 0 Å². The Labute approximate surface area is 149 Å². The van der Waals surface area contributed by atoms with Crippen molar-refractivity contribution < 1.29 is 9.84 Å². The van der Waals surface area contributed by atoms with Gasteiger partial charge in [0, 0.05) is 49.4 Å². The van der Waals surface area contributed by atoms with Gasteiger partial charge in [-0.3, -0.25) is 9.80 Å². The van der Waals surface area contributed by atoms with Gasteiger partial charge in [-0.05, 0) is 37.3 Å². The van der Waals surface area contributed by atoms with Gasteiger partial charge in [0.25, 0.3) is 0 Å². The molecule has 0 unspecified atom stereocenters. The average Bonchev–Trinajstić information content (AvgIpc) is 2.80. The number of β-amino-alcohol motifs (C(OH)–C–C–N with tert-alkyl or cyclic N) is 1. The highest BCUT2D eigenvalue weighted by Gasteiger charge is 2.28. The van der Waals surface area contributed by atoms with Crippen molar-refractivity contribution in [3.63, 3.8) is 0 Å². The van der Waals surface area contributed by atoms with Gasteiger partial charge in [-0.2, -0.15) is 0 Å². The SMILES string of the molecule is COc1c(N)cc(Cl)c2c1CCC[C@H](N1CCN(CCO)CC1)C2. The largest absolute Gasteiger partial charge is 0.494 e. The molecule has 3 rings (SSSR count). The molecule has 0 saturated carbocycles. The van der Waals surface area contributed by atoms with E-state index in [0.29, 0.717) is 11.7 Å². The second-order valence-corrected chi connectivity index (χ2v) is 7.20. The van der Waals surface area contributed by atoms with Crippen molar-refractivity contribution in [1.82, 2.24) is 9.80 Å². The van der Waals surface area contributed by atoms with E-state index in [1.807, 2.05) is 6.07 Å². The van der Waals surface area contributed by atoms with Crippen LogP contribution in [0.4, 0.5) is 5.69 Å². The number of aliphatic hydroxyl groups is 1. The quantitative estimate of drug-likeness (QED) is 0.638. The van der Waals surface area contributed by atoms with Gasteiger partial charge in [0.1, 0.15) is 5.75 Å². The lowest BCUT2D eigenvalue weighted by Gasteiger charge is -2.39. The van der Waals surface area contributed by atoms with Crippen molar-refractivity contribution in [2.45, 2.75) is 31.7 Å². The molecule has 5 nitrogen and oxygen atoms in total. The number of piperazine rings is 1. The number of nitrogens with zero attached hydrogens (tertiary/aromatic N) is 2. The van der Waals surface area contributed by atoms with E-state index in [1.165, 1.54) is 17.5 Å². The minimum absolute atomic E-state index is 0.244. The zero-order valence-corrected chi connectivity index (χ0v) is 15.2. The number of halogens is 1. The van der Waals surface area contributed by atoms with Crippen LogP contribution in [0.2, 0.25) is 5.02 Å². The molecule has 0 radical (unpaired) electrons. The minimum Gasteiger partial charge on any atom is -0.494 e. The van der Waals surface area contributed by atoms with E-state index in [-0.39, 0.29) is 6.61 Å². The summed E-state index contributed by atoms with van der Waals surface area (Å²) in [5, 5.41) is 9.86. The van der Waals surface area contributed by atoms with Gasteiger partial charge >= 0.3 is 0 Å². The number of hydrogen-bond donors (Lipinski definition) is 2. The molecule has 3 N–H and O–H groups in total. The summed E-state index contributed by atoms with van der Waals surface area (Å²) in [6, 6.07) is 2.36. The van der Waals surface area contributed by atoms with Crippen molar-refractivity contribution >= 4 is 17.3 Å². The molecular weight excluding hydrogens is 326 g/mol. The molecule has 0 amide bonds. The Kier molecular flexibility index (Phi) is 5.87. The van der Waals surface area contributed by atoms with Crippen LogP contribution in [0.25, 0.3) is 0 Å². The van der Waals surface area contributed by atoms with Crippen molar-refractivity contribution in [3.8, 4) is 5.75 Å². The van der Waals surface area contributed by atoms with Gasteiger partial charge in [-0.1, -0.05) is 11.6 Å². The molecule has 1 heterocycles. The predicted octanol–water partition coefficient (Wildman–Crippen LogP) is 1.79. The number of methoxy groups -OCH3 is 1. The Balaban J connectivity index is 1.76. The van der Waals surface area contributed by atoms with Crippen molar-refractivity contribution in [2.75, 3.05) is 52.2 Å². The zero-order valence-electron chi connectivity index (χ0n) is 14.4. The van der Waals surface area contributed by atoms with E-state index in [2.05, 4.69) is 9.80 Å². The number of hydrogen-bond acceptors (Lipinski definition) is 5. The van der Waals surface area contributed by atoms with Crippen LogP contribution >= 0.6 is 11.6 Å². The number of nitrogen functional groups attached to an aromatic ring is 1. The van der Waals surface area contributed by atoms with E-state index in [4.69, 9.17) is 27.2 Å². The first-order valence-electron chi connectivity index (χ1n) is 8.85. The second kappa shape index (κ2) is 7.91. The van der Waals surface area contributed by atoms with Crippen LogP contribution in [0, 0.1) is 0 Å². The summed E-state index contributed by atoms with van der Waals surface area (Å²) < 4.78 is 5.55. The Morgan fingerprint density at radius 1 is 1.29 bits per heavy atom. The first kappa shape index (κ1) is 17.8. The van der Waals surface area contributed by atoms with Crippen LogP contribution in [-0.4, -0.2) is 67.4 Å². The summed E-state index contributed by atoms with van der Waals surface area (Å²) in [5.74, 6) is 0.808. The molecule has 1 saturated heterocycles. The molecule has 0 spiro atoms. The molecule has 1 fully saturated rings. The molecular formula is C18H28ClN3O2. The summed E-state index contributed by atoms with van der Waals surface area (Å²) >= 11 is 6.53. The number of benzene rings is 1. The van der Waals surface area contributed by atoms with E-state index < -0.39 is 0 Å². The third-order valence-electron chi connectivity index (χ3n) is 5.42. The normalized spacial score (nSPS) is 22.9. The van der Waals surface area contributed by atoms with E-state index in [1.54, 1.807) is 7.11 Å². The van der Waals surface area contributed by atoms with Gasteiger partial charge in [0.2, 0.25) is 0 Å². The zero-order chi connectivity index (χ0) is 17.1. The molecule has 0 aromatic heterocycles. The number of anilines is 1. The maximum Gasteiger partial charge on any atom is 0.145 e. The lowest BCUT2D eigenvalue weighted by molar-refractivity contribution is 0.0805. The third kappa shape index (κ3) is 3.64. The Morgan fingerprint density at radius 2 is 2.04 bits per heavy atom. The summed E-state index contributed by atoms with van der Waals surface area (Å²) in [4.78, 5) is 4.92. The molecule has 6 heteroatoms. The van der Waals surface area contributed by atoms with E-state index in [9.17, 15) is 0 Å². The number of nitrogens with two attached hydrogens (primary N) is 1. The molecule has 1 aliphatic carbocycles. The van der Waals surface area contributed by atoms with Gasteiger partial charge in [-0.15, -0.1) is 0 Å². The average molecular weight is 354 g/mol. The summed E-state index contributed by atoms with van der Waals surface area (Å²) in [5.41, 5.74) is 9.13. The molecule has 134 valence electrons. The fourth-order valence-electron chi connectivity index (χ4n) is 4.13. The van der Waals surface area contributed by atoms with Crippen LogP contribution in [0.3, 0.4) is 0 Å². The summed E-state index contributed by atoms with van der Waals surface area (Å²) in [6.45, 7) is 5.20. The number of rotatable bonds is 4. The topological polar surface area (TPSA) is 62.0 Å². The first-order valence-corrected chi connectivity index (χ1v) is 9.22. The number of fused-ring (bicyclic) bond motifs is 1. The van der Waals surface area contributed by atoms with Gasteiger partial charge < -0.3 is 15.6 Å². The molecule has 24 heavy (non-hydrogen) atoms. The maximum absolute atomic E-state index is 9.09. The minimum atomic E-state index is 0.244. The monoisotopic (exact) mass is 353 g/mol. The fraction of sp³-hybridized carbons (Fsp3) is 0.667. The predicted molar refractivity (Wildman–Crippen MR) is 97.9 cm³/mol. The lowest BCUT2D eigenvalue weighted by atomic mass is 9.98. The lowest BCUT2D eigenvalue weighted by Crippen LogP contribution is -2.51. The highest BCUT2D eigenvalue weighted by Crippen LogP contribution is 2.39. The third-order valence-corrected chi connectivity index (χ3v) is 5.76. The second-order valence-electron chi connectivity index (χ2n) is 6.79. The van der Waals surface area contributed by atoms with Crippen molar-refractivity contribution in [2.24, 2.45) is 0 Å². The number of ether oxygens (including phenoxy) is 1. The van der Waals surface area contributed by atoms with Crippen LogP contribution < -0.4 is 10.5 Å². The smallest absolute Gasteiger partial charge is 0.145 e. The van der Waals surface area contributed by atoms with Gasteiger partial charge in [-0.25, -0.2) is 0 Å². The maximum atomic E-state index is 9.09. The highest BCUT2D eigenvalue weighted by atomic mass is 35.5. The van der Waals surface area contributed by atoms with E-state index in [0.717, 1.165) is 62.8 Å². The summed E-state index contributed by atoms with van der Waals surface area (Å²) in [7, 11) is 1.68. The molecule has 0 bridgehead atoms. The van der Waals surface area contributed by atoms with Gasteiger partial charge in [0.05, 0.1) is 19.4 Å². The molecule has 1 aromatic carbocycles. The molecule has 1 aliphatic heterocycles. The molecule has 2 aliphatic rings. The highest BCUT2D eigenvalue weighted by molar-refractivity contribution is 6.31. The fourth-order valence-corrected chi connectivity index (χ4v) is 4.44. The van der Waals surface area contributed by atoms with Crippen LogP contribution in [-0.2, 0) is 12.8 Å². The molecule has 1 aromatic rings. The van der Waals surface area contributed by atoms with Crippen molar-refractivity contribution in [1.29, 1.82) is 0 Å². The first-order chi connectivity index (χ1) is 11.6. The van der Waals surface area contributed by atoms with E-state index >= 15 is 0 Å². The number of aliphatic hydroxyl groups excluding tert-OH is 1. The summed E-state index contributed by atoms with van der Waals surface area (Å²) in [6.07, 6.45) is 4.24. The Morgan fingerprint density at radius 3 is 2.71 bits per heavy atom. The van der Waals surface area contributed by atoms with Crippen LogP contribution in [0.1, 0.15) is 24.0 Å². The van der Waals surface area contributed by atoms with Crippen molar-refractivity contribution in [3.05, 3.63) is 22.2 Å². The Bertz CT molecular complexity index is 574. The molecule has 1 atom stereocenters. The Hall–Kier alpha value is -1.01. The standard InChI is InChI=1S/C18H28ClN3O2/c1-24-18-14-4-2-3-13(11-15(14)16(19)12-17(18)20)22-7-5-21(6-8-22)9-10-23/h12-13,23H,2-11,20H2,1H3/t13-/m0/s1. The van der Waals surface area contributed by atoms with Crippen LogP contribution in [0.5, 0.6) is 5.75 Å².